The summed E-state index contributed by atoms with van der Waals surface area (Å²) in [6.07, 6.45) is 0.390. The van der Waals surface area contributed by atoms with E-state index < -0.39 is 17.9 Å². The van der Waals surface area contributed by atoms with Gasteiger partial charge in [-0.1, -0.05) is 36.4 Å². The van der Waals surface area contributed by atoms with Gasteiger partial charge >= 0.3 is 0 Å². The molecule has 1 saturated heterocycles. The lowest BCUT2D eigenvalue weighted by molar-refractivity contribution is -0.158. The summed E-state index contributed by atoms with van der Waals surface area (Å²) in [5.41, 5.74) is 1.30. The predicted octanol–water partition coefficient (Wildman–Crippen LogP) is 2.15. The largest absolute Gasteiger partial charge is 0.332 e. The van der Waals surface area contributed by atoms with Crippen molar-refractivity contribution in [2.24, 2.45) is 0 Å². The van der Waals surface area contributed by atoms with Gasteiger partial charge in [0.2, 0.25) is 11.8 Å². The number of nitrogens with zero attached hydrogens (tertiary/aromatic N) is 3. The van der Waals surface area contributed by atoms with Crippen LogP contribution < -0.4 is 0 Å². The lowest BCUT2D eigenvalue weighted by atomic mass is 9.94. The number of carbonyl (C=O) groups excluding carboxylic acids is 2. The van der Waals surface area contributed by atoms with Crippen molar-refractivity contribution in [1.29, 1.82) is 5.26 Å². The van der Waals surface area contributed by atoms with Crippen LogP contribution in [-0.2, 0) is 22.4 Å². The SMILES string of the molecule is CN1C(=O)C(Cc2c(F)cccc2C#N)N(C)C(=O)C1Cc1ccccc1. The Balaban J connectivity index is 1.86. The van der Waals surface area contributed by atoms with Crippen LogP contribution in [0.5, 0.6) is 0 Å². The lowest BCUT2D eigenvalue weighted by Gasteiger charge is -2.42. The first-order valence-electron chi connectivity index (χ1n) is 8.68. The third-order valence-corrected chi connectivity index (χ3v) is 5.11. The third kappa shape index (κ3) is 3.54. The number of rotatable bonds is 4. The maximum absolute atomic E-state index is 14.2. The minimum absolute atomic E-state index is 0.0287. The van der Waals surface area contributed by atoms with Crippen molar-refractivity contribution in [1.82, 2.24) is 9.80 Å². The molecule has 3 rings (SSSR count). The van der Waals surface area contributed by atoms with E-state index in [1.165, 1.54) is 28.0 Å². The molecule has 0 aromatic heterocycles. The van der Waals surface area contributed by atoms with Gasteiger partial charge in [0, 0.05) is 32.5 Å². The zero-order chi connectivity index (χ0) is 19.6. The predicted molar refractivity (Wildman–Crippen MR) is 98.1 cm³/mol. The first kappa shape index (κ1) is 18.6. The van der Waals surface area contributed by atoms with Gasteiger partial charge in [-0.25, -0.2) is 4.39 Å². The normalized spacial score (nSPS) is 19.9. The molecule has 0 radical (unpaired) electrons. The highest BCUT2D eigenvalue weighted by atomic mass is 19.1. The Morgan fingerprint density at radius 2 is 1.52 bits per heavy atom. The molecule has 0 saturated carbocycles. The number of benzene rings is 2. The first-order chi connectivity index (χ1) is 12.9. The van der Waals surface area contributed by atoms with E-state index in [1.807, 2.05) is 36.4 Å². The second-order valence-electron chi connectivity index (χ2n) is 6.70. The van der Waals surface area contributed by atoms with E-state index in [-0.39, 0.29) is 29.4 Å². The Bertz CT molecular complexity index is 907. The Hall–Kier alpha value is -3.20. The molecule has 1 heterocycles. The van der Waals surface area contributed by atoms with Gasteiger partial charge in [-0.3, -0.25) is 9.59 Å². The van der Waals surface area contributed by atoms with Crippen LogP contribution in [0.15, 0.2) is 48.5 Å². The molecule has 2 unspecified atom stereocenters. The van der Waals surface area contributed by atoms with Crippen LogP contribution in [0.25, 0.3) is 0 Å². The summed E-state index contributed by atoms with van der Waals surface area (Å²) in [5.74, 6) is -0.997. The highest BCUT2D eigenvalue weighted by molar-refractivity contribution is 5.97. The number of piperazine rings is 1. The lowest BCUT2D eigenvalue weighted by Crippen LogP contribution is -2.63. The maximum atomic E-state index is 14.2. The molecule has 2 atom stereocenters. The summed E-state index contributed by atoms with van der Waals surface area (Å²) in [4.78, 5) is 28.6. The van der Waals surface area contributed by atoms with Crippen LogP contribution in [0, 0.1) is 17.1 Å². The third-order valence-electron chi connectivity index (χ3n) is 5.11. The molecule has 2 aromatic carbocycles. The number of carbonyl (C=O) groups is 2. The summed E-state index contributed by atoms with van der Waals surface area (Å²) in [6.45, 7) is 0. The van der Waals surface area contributed by atoms with E-state index >= 15 is 0 Å². The van der Waals surface area contributed by atoms with Crippen molar-refractivity contribution in [3.63, 3.8) is 0 Å². The zero-order valence-electron chi connectivity index (χ0n) is 15.2. The average Bonchev–Trinajstić information content (AvgIpc) is 2.68. The Morgan fingerprint density at radius 1 is 0.926 bits per heavy atom. The molecule has 0 aliphatic carbocycles. The molecule has 5 nitrogen and oxygen atoms in total. The second-order valence-corrected chi connectivity index (χ2v) is 6.70. The van der Waals surface area contributed by atoms with Gasteiger partial charge in [0.25, 0.3) is 0 Å². The van der Waals surface area contributed by atoms with Crippen molar-refractivity contribution in [2.45, 2.75) is 24.9 Å². The molecule has 2 aromatic rings. The highest BCUT2D eigenvalue weighted by Crippen LogP contribution is 2.24. The quantitative estimate of drug-likeness (QED) is 0.834. The van der Waals surface area contributed by atoms with Gasteiger partial charge < -0.3 is 9.80 Å². The van der Waals surface area contributed by atoms with Gasteiger partial charge in [0.15, 0.2) is 0 Å². The van der Waals surface area contributed by atoms with Crippen LogP contribution in [-0.4, -0.2) is 47.8 Å². The summed E-state index contributed by atoms with van der Waals surface area (Å²) in [7, 11) is 3.16. The van der Waals surface area contributed by atoms with Crippen molar-refractivity contribution in [3.05, 3.63) is 71.0 Å². The number of amides is 2. The molecule has 2 amide bonds. The van der Waals surface area contributed by atoms with Gasteiger partial charge in [0.1, 0.15) is 17.9 Å². The molecule has 27 heavy (non-hydrogen) atoms. The molecule has 6 heteroatoms. The minimum Gasteiger partial charge on any atom is -0.332 e. The van der Waals surface area contributed by atoms with Crippen molar-refractivity contribution < 1.29 is 14.0 Å². The van der Waals surface area contributed by atoms with E-state index in [1.54, 1.807) is 14.1 Å². The van der Waals surface area contributed by atoms with E-state index in [0.29, 0.717) is 6.42 Å². The van der Waals surface area contributed by atoms with Crippen molar-refractivity contribution in [3.8, 4) is 6.07 Å². The van der Waals surface area contributed by atoms with Crippen LogP contribution in [0.1, 0.15) is 16.7 Å². The summed E-state index contributed by atoms with van der Waals surface area (Å²) >= 11 is 0. The Morgan fingerprint density at radius 3 is 2.11 bits per heavy atom. The van der Waals surface area contributed by atoms with Crippen molar-refractivity contribution in [2.75, 3.05) is 14.1 Å². The number of hydrogen-bond acceptors (Lipinski definition) is 3. The van der Waals surface area contributed by atoms with Gasteiger partial charge in [0.05, 0.1) is 11.6 Å². The Kier molecular flexibility index (Phi) is 5.22. The van der Waals surface area contributed by atoms with Gasteiger partial charge in [-0.15, -0.1) is 0 Å². The number of likely N-dealkylation sites (N-methyl/N-ethyl adjacent to an activating group) is 2. The standard InChI is InChI=1S/C21H20FN3O2/c1-24-18(11-14-7-4-3-5-8-14)20(26)25(2)19(21(24)27)12-16-15(13-23)9-6-10-17(16)22/h3-10,18-19H,11-12H2,1-2H3. The van der Waals surface area contributed by atoms with Gasteiger partial charge in [-0.2, -0.15) is 5.26 Å². The summed E-state index contributed by atoms with van der Waals surface area (Å²) < 4.78 is 14.2. The highest BCUT2D eigenvalue weighted by Gasteiger charge is 2.42. The molecule has 0 spiro atoms. The molecule has 0 N–H and O–H groups in total. The molecular weight excluding hydrogens is 345 g/mol. The second kappa shape index (κ2) is 7.58. The fourth-order valence-corrected chi connectivity index (χ4v) is 3.46. The van der Waals surface area contributed by atoms with Crippen LogP contribution in [0.3, 0.4) is 0 Å². The summed E-state index contributed by atoms with van der Waals surface area (Å²) in [5, 5.41) is 9.22. The Labute approximate surface area is 157 Å². The molecule has 0 bridgehead atoms. The topological polar surface area (TPSA) is 64.4 Å². The van der Waals surface area contributed by atoms with Gasteiger partial charge in [-0.05, 0) is 17.7 Å². The molecular formula is C21H20FN3O2. The fourth-order valence-electron chi connectivity index (χ4n) is 3.46. The molecule has 1 aliphatic rings. The first-order valence-corrected chi connectivity index (χ1v) is 8.68. The number of hydrogen-bond donors (Lipinski definition) is 0. The van der Waals surface area contributed by atoms with Crippen molar-refractivity contribution >= 4 is 11.8 Å². The zero-order valence-corrected chi connectivity index (χ0v) is 15.2. The molecule has 1 aliphatic heterocycles. The minimum atomic E-state index is -0.835. The average molecular weight is 365 g/mol. The number of halogens is 1. The van der Waals surface area contributed by atoms with E-state index in [2.05, 4.69) is 0 Å². The van der Waals surface area contributed by atoms with E-state index in [4.69, 9.17) is 0 Å². The maximum Gasteiger partial charge on any atom is 0.246 e. The van der Waals surface area contributed by atoms with E-state index in [9.17, 15) is 19.2 Å². The summed E-state index contributed by atoms with van der Waals surface area (Å²) in [6, 6.07) is 14.2. The van der Waals surface area contributed by atoms with E-state index in [0.717, 1.165) is 5.56 Å². The van der Waals surface area contributed by atoms with Crippen LogP contribution >= 0.6 is 0 Å². The number of nitriles is 1. The van der Waals surface area contributed by atoms with Crippen LogP contribution in [0.2, 0.25) is 0 Å². The smallest absolute Gasteiger partial charge is 0.246 e. The molecule has 1 fully saturated rings. The fraction of sp³-hybridized carbons (Fsp3) is 0.286. The van der Waals surface area contributed by atoms with Crippen LogP contribution in [0.4, 0.5) is 4.39 Å². The molecule has 138 valence electrons. The monoisotopic (exact) mass is 365 g/mol.